The molecule has 2 saturated heterocycles. The van der Waals surface area contributed by atoms with Gasteiger partial charge in [-0.15, -0.1) is 0 Å². The summed E-state index contributed by atoms with van der Waals surface area (Å²) in [7, 11) is 0. The van der Waals surface area contributed by atoms with Crippen LogP contribution in [-0.4, -0.2) is 81.2 Å². The molecule has 11 nitrogen and oxygen atoms in total. The minimum absolute atomic E-state index is 0.0437. The van der Waals surface area contributed by atoms with E-state index in [0.717, 1.165) is 25.9 Å². The van der Waals surface area contributed by atoms with Crippen LogP contribution in [0.1, 0.15) is 39.2 Å². The number of nitriles is 1. The van der Waals surface area contributed by atoms with Crippen molar-refractivity contribution >= 4 is 34.8 Å². The van der Waals surface area contributed by atoms with Crippen molar-refractivity contribution < 1.29 is 18.7 Å². The first-order chi connectivity index (χ1) is 20.6. The Labute approximate surface area is 254 Å². The third kappa shape index (κ3) is 7.57. The van der Waals surface area contributed by atoms with Crippen LogP contribution in [0.4, 0.5) is 14.9 Å². The van der Waals surface area contributed by atoms with Crippen LogP contribution >= 0.6 is 12.1 Å². The molecule has 3 aromatic rings. The second kappa shape index (κ2) is 13.2. The quantitative estimate of drug-likeness (QED) is 0.356. The Morgan fingerprint density at radius 2 is 1.84 bits per heavy atom. The zero-order chi connectivity index (χ0) is 30.6. The lowest BCUT2D eigenvalue weighted by Gasteiger charge is -2.35. The topological polar surface area (TPSA) is 116 Å². The Bertz CT molecular complexity index is 1570. The van der Waals surface area contributed by atoms with Crippen LogP contribution in [-0.2, 0) is 11.3 Å². The Morgan fingerprint density at radius 3 is 2.53 bits per heavy atom. The van der Waals surface area contributed by atoms with Gasteiger partial charge >= 0.3 is 6.09 Å². The summed E-state index contributed by atoms with van der Waals surface area (Å²) in [6, 6.07) is 9.60. The molecule has 2 aromatic carbocycles. The van der Waals surface area contributed by atoms with Crippen LogP contribution in [0.25, 0.3) is 10.9 Å². The van der Waals surface area contributed by atoms with E-state index in [0.29, 0.717) is 55.9 Å². The van der Waals surface area contributed by atoms with Crippen molar-refractivity contribution in [2.45, 2.75) is 45.8 Å². The highest BCUT2D eigenvalue weighted by molar-refractivity contribution is 7.98. The summed E-state index contributed by atoms with van der Waals surface area (Å²) in [5, 5.41) is 10.2. The number of hydrogen-bond donors (Lipinski definition) is 1. The number of carbonyl (C=O) groups is 1. The van der Waals surface area contributed by atoms with E-state index in [1.54, 1.807) is 17.0 Å². The van der Waals surface area contributed by atoms with Crippen molar-refractivity contribution in [2.24, 2.45) is 0 Å². The summed E-state index contributed by atoms with van der Waals surface area (Å²) in [6.07, 6.45) is 3.43. The van der Waals surface area contributed by atoms with Gasteiger partial charge in [0.05, 0.1) is 22.9 Å². The van der Waals surface area contributed by atoms with E-state index in [1.807, 2.05) is 20.8 Å². The van der Waals surface area contributed by atoms with Gasteiger partial charge in [-0.2, -0.15) is 5.26 Å². The highest BCUT2D eigenvalue weighted by atomic mass is 32.2. The van der Waals surface area contributed by atoms with E-state index in [-0.39, 0.29) is 28.7 Å². The Morgan fingerprint density at radius 1 is 1.09 bits per heavy atom. The standard InChI is InChI=1S/C30H36FN7O4S/c1-30(2,3)42-29(40)36-15-12-35(13-16-36)14-17-37-20-33-25-8-6-21(18-22(25)28(37)39)41-27-23(19-32)26(9-7-24(27)31)34-43-38-10-4-5-11-38/h6-9,18,20,34H,4-5,10-17H2,1-3H3. The van der Waals surface area contributed by atoms with Gasteiger partial charge in [-0.05, 0) is 63.9 Å². The summed E-state index contributed by atoms with van der Waals surface area (Å²) < 4.78 is 33.1. The smallest absolute Gasteiger partial charge is 0.410 e. The third-order valence-corrected chi connectivity index (χ3v) is 8.20. The van der Waals surface area contributed by atoms with E-state index in [4.69, 9.17) is 9.47 Å². The van der Waals surface area contributed by atoms with Crippen molar-refractivity contribution in [3.63, 3.8) is 0 Å². The molecule has 43 heavy (non-hydrogen) atoms. The average molecular weight is 610 g/mol. The molecule has 0 aliphatic carbocycles. The average Bonchev–Trinajstić information content (AvgIpc) is 3.50. The molecule has 13 heteroatoms. The van der Waals surface area contributed by atoms with Crippen molar-refractivity contribution in [1.82, 2.24) is 23.7 Å². The number of aromatic nitrogens is 2. The fourth-order valence-electron chi connectivity index (χ4n) is 4.95. The van der Waals surface area contributed by atoms with Gasteiger partial charge in [0.2, 0.25) is 0 Å². The van der Waals surface area contributed by atoms with Crippen molar-refractivity contribution in [1.29, 1.82) is 5.26 Å². The van der Waals surface area contributed by atoms with E-state index in [2.05, 4.69) is 25.0 Å². The van der Waals surface area contributed by atoms with Crippen LogP contribution < -0.4 is 15.0 Å². The fourth-order valence-corrected chi connectivity index (χ4v) is 5.79. The Balaban J connectivity index is 1.26. The number of piperazine rings is 1. The Hall–Kier alpha value is -3.86. The molecule has 228 valence electrons. The summed E-state index contributed by atoms with van der Waals surface area (Å²) in [5.41, 5.74) is 0.192. The van der Waals surface area contributed by atoms with Gasteiger partial charge in [0.25, 0.3) is 5.56 Å². The molecule has 3 heterocycles. The maximum Gasteiger partial charge on any atom is 0.410 e. The summed E-state index contributed by atoms with van der Waals surface area (Å²) in [6.45, 7) is 10.9. The van der Waals surface area contributed by atoms with Crippen LogP contribution in [0.5, 0.6) is 11.5 Å². The number of nitrogens with zero attached hydrogens (tertiary/aromatic N) is 6. The number of hydrogen-bond acceptors (Lipinski definition) is 10. The van der Waals surface area contributed by atoms with Gasteiger partial charge in [0.15, 0.2) is 11.6 Å². The molecule has 1 amide bonds. The minimum atomic E-state index is -0.677. The highest BCUT2D eigenvalue weighted by Gasteiger charge is 2.26. The number of benzene rings is 2. The molecule has 2 fully saturated rings. The van der Waals surface area contributed by atoms with Crippen molar-refractivity contribution in [2.75, 3.05) is 50.5 Å². The van der Waals surface area contributed by atoms with Crippen molar-refractivity contribution in [3.8, 4) is 17.6 Å². The number of ether oxygens (including phenoxy) is 2. The first kappa shape index (κ1) is 30.6. The van der Waals surface area contributed by atoms with Crippen LogP contribution in [0.3, 0.4) is 0 Å². The number of nitrogens with one attached hydrogen (secondary N) is 1. The van der Waals surface area contributed by atoms with Crippen LogP contribution in [0.15, 0.2) is 41.5 Å². The normalized spacial score (nSPS) is 16.3. The van der Waals surface area contributed by atoms with Crippen LogP contribution in [0, 0.1) is 17.1 Å². The summed E-state index contributed by atoms with van der Waals surface area (Å²) in [4.78, 5) is 34.0. The SMILES string of the molecule is CC(C)(C)OC(=O)N1CCN(CCn2cnc3ccc(Oc4c(F)ccc(NSN5CCCC5)c4C#N)cc3c2=O)CC1. The number of fused-ring (bicyclic) bond motifs is 1. The molecule has 0 saturated carbocycles. The third-order valence-electron chi connectivity index (χ3n) is 7.27. The number of anilines is 1. The zero-order valence-corrected chi connectivity index (χ0v) is 25.5. The summed E-state index contributed by atoms with van der Waals surface area (Å²) >= 11 is 1.39. The van der Waals surface area contributed by atoms with E-state index < -0.39 is 11.4 Å². The largest absolute Gasteiger partial charge is 0.453 e. The van der Waals surface area contributed by atoms with E-state index in [9.17, 15) is 19.2 Å². The molecule has 0 spiro atoms. The molecule has 0 bridgehead atoms. The predicted molar refractivity (Wildman–Crippen MR) is 163 cm³/mol. The first-order valence-corrected chi connectivity index (χ1v) is 15.2. The van der Waals surface area contributed by atoms with Crippen molar-refractivity contribution in [3.05, 3.63) is 58.4 Å². The molecule has 5 rings (SSSR count). The van der Waals surface area contributed by atoms with Gasteiger partial charge in [-0.25, -0.2) is 18.5 Å². The molecule has 1 aromatic heterocycles. The van der Waals surface area contributed by atoms with E-state index in [1.165, 1.54) is 41.2 Å². The lowest BCUT2D eigenvalue weighted by Crippen LogP contribution is -2.50. The number of carbonyl (C=O) groups excluding carboxylic acids is 1. The molecule has 2 aliphatic heterocycles. The van der Waals surface area contributed by atoms with E-state index >= 15 is 0 Å². The second-order valence-corrected chi connectivity index (χ2v) is 12.5. The van der Waals surface area contributed by atoms with Gasteiger partial charge in [0, 0.05) is 64.5 Å². The molecular formula is C30H36FN7O4S. The lowest BCUT2D eigenvalue weighted by atomic mass is 10.1. The van der Waals surface area contributed by atoms with Crippen LogP contribution in [0.2, 0.25) is 0 Å². The van der Waals surface area contributed by atoms with Gasteiger partial charge in [-0.3, -0.25) is 14.3 Å². The predicted octanol–water partition coefficient (Wildman–Crippen LogP) is 4.82. The minimum Gasteiger partial charge on any atom is -0.453 e. The maximum atomic E-state index is 14.9. The molecular weight excluding hydrogens is 573 g/mol. The Kier molecular flexibility index (Phi) is 9.39. The maximum absolute atomic E-state index is 14.9. The molecule has 0 unspecified atom stereocenters. The number of rotatable bonds is 8. The zero-order valence-electron chi connectivity index (χ0n) is 24.6. The molecule has 2 aliphatic rings. The molecule has 0 atom stereocenters. The first-order valence-electron chi connectivity index (χ1n) is 14.4. The van der Waals surface area contributed by atoms with Gasteiger partial charge in [-0.1, -0.05) is 0 Å². The molecule has 0 radical (unpaired) electrons. The number of amides is 1. The van der Waals surface area contributed by atoms with Gasteiger partial charge < -0.3 is 19.1 Å². The van der Waals surface area contributed by atoms with Gasteiger partial charge in [0.1, 0.15) is 23.0 Å². The monoisotopic (exact) mass is 609 g/mol. The lowest BCUT2D eigenvalue weighted by molar-refractivity contribution is 0.0143. The fraction of sp³-hybridized carbons (Fsp3) is 0.467. The molecule has 1 N–H and O–H groups in total. The highest BCUT2D eigenvalue weighted by Crippen LogP contribution is 2.35. The second-order valence-electron chi connectivity index (χ2n) is 11.6. The number of halogens is 1. The summed E-state index contributed by atoms with van der Waals surface area (Å²) in [5.74, 6) is -0.658.